The van der Waals surface area contributed by atoms with Gasteiger partial charge in [0, 0.05) is 22.6 Å². The minimum Gasteiger partial charge on any atom is -0.447 e. The zero-order valence-electron chi connectivity index (χ0n) is 19.1. The molecule has 0 aromatic heterocycles. The number of carbonyl (C=O) groups is 2. The number of unbranched alkanes of at least 4 members (excludes halogenated alkanes) is 1. The monoisotopic (exact) mass is 443 g/mol. The number of rotatable bonds is 10. The lowest BCUT2D eigenvalue weighted by Gasteiger charge is -2.25. The van der Waals surface area contributed by atoms with Crippen LogP contribution in [0.25, 0.3) is 0 Å². The molecule has 33 heavy (non-hydrogen) atoms. The maximum Gasteiger partial charge on any atom is 0.352 e. The fourth-order valence-corrected chi connectivity index (χ4v) is 3.29. The van der Waals surface area contributed by atoms with E-state index < -0.39 is 18.0 Å². The predicted octanol–water partition coefficient (Wildman–Crippen LogP) is 6.74. The first-order valence-corrected chi connectivity index (χ1v) is 11.1. The summed E-state index contributed by atoms with van der Waals surface area (Å²) in [7, 11) is 0. The highest BCUT2D eigenvalue weighted by molar-refractivity contribution is 5.89. The summed E-state index contributed by atoms with van der Waals surface area (Å²) in [5, 5.41) is 0. The van der Waals surface area contributed by atoms with Gasteiger partial charge < -0.3 is 14.4 Å². The van der Waals surface area contributed by atoms with E-state index >= 15 is 0 Å². The minimum atomic E-state index is -0.959. The number of anilines is 3. The van der Waals surface area contributed by atoms with Gasteiger partial charge in [0.25, 0.3) is 0 Å². The molecule has 3 aromatic rings. The summed E-state index contributed by atoms with van der Waals surface area (Å²) in [4.78, 5) is 26.7. The van der Waals surface area contributed by atoms with Crippen molar-refractivity contribution in [2.75, 3.05) is 4.90 Å². The van der Waals surface area contributed by atoms with Crippen molar-refractivity contribution in [1.82, 2.24) is 0 Å². The Balaban J connectivity index is 1.79. The van der Waals surface area contributed by atoms with Crippen molar-refractivity contribution < 1.29 is 19.1 Å². The van der Waals surface area contributed by atoms with E-state index in [1.54, 1.807) is 19.1 Å². The highest BCUT2D eigenvalue weighted by Gasteiger charge is 2.25. The summed E-state index contributed by atoms with van der Waals surface area (Å²) in [6, 6.07) is 27.3. The Kier molecular flexibility index (Phi) is 8.42. The van der Waals surface area contributed by atoms with Crippen LogP contribution in [0.5, 0.6) is 5.75 Å². The van der Waals surface area contributed by atoms with Crippen LogP contribution in [0.4, 0.5) is 17.1 Å². The molecule has 3 rings (SSSR count). The molecule has 0 N–H and O–H groups in total. The van der Waals surface area contributed by atoms with Crippen molar-refractivity contribution in [3.8, 4) is 5.75 Å². The lowest BCUT2D eigenvalue weighted by molar-refractivity contribution is -0.160. The Morgan fingerprint density at radius 3 is 1.85 bits per heavy atom. The summed E-state index contributed by atoms with van der Waals surface area (Å²) in [5.41, 5.74) is 3.19. The van der Waals surface area contributed by atoms with Crippen molar-refractivity contribution in [3.05, 3.63) is 97.1 Å². The Bertz CT molecular complexity index is 1020. The largest absolute Gasteiger partial charge is 0.447 e. The van der Waals surface area contributed by atoms with Crippen LogP contribution in [0.2, 0.25) is 0 Å². The number of esters is 2. The molecule has 0 amide bonds. The first-order chi connectivity index (χ1) is 16.0. The molecule has 0 radical (unpaired) electrons. The second kappa shape index (κ2) is 11.7. The molecule has 0 spiro atoms. The van der Waals surface area contributed by atoms with Gasteiger partial charge in [-0.15, -0.1) is 0 Å². The summed E-state index contributed by atoms with van der Waals surface area (Å²) in [6.07, 6.45) is 1.06. The fraction of sp³-hybridized carbons (Fsp3) is 0.214. The van der Waals surface area contributed by atoms with Gasteiger partial charge in [-0.2, -0.15) is 0 Å². The van der Waals surface area contributed by atoms with Crippen molar-refractivity contribution in [3.63, 3.8) is 0 Å². The summed E-state index contributed by atoms with van der Waals surface area (Å²) >= 11 is 0. The van der Waals surface area contributed by atoms with Crippen molar-refractivity contribution in [2.24, 2.45) is 0 Å². The number of hydrogen-bond donors (Lipinski definition) is 0. The molecule has 0 bridgehead atoms. The molecule has 5 nitrogen and oxygen atoms in total. The van der Waals surface area contributed by atoms with Gasteiger partial charge in [0.2, 0.25) is 0 Å². The minimum absolute atomic E-state index is 0.246. The van der Waals surface area contributed by atoms with Crippen LogP contribution >= 0.6 is 0 Å². The van der Waals surface area contributed by atoms with E-state index in [0.29, 0.717) is 12.2 Å². The van der Waals surface area contributed by atoms with Crippen LogP contribution in [-0.2, 0) is 14.3 Å². The third-order valence-corrected chi connectivity index (χ3v) is 5.02. The number of hydrogen-bond acceptors (Lipinski definition) is 5. The Morgan fingerprint density at radius 1 is 0.848 bits per heavy atom. The molecule has 0 fully saturated rings. The molecule has 0 saturated carbocycles. The summed E-state index contributed by atoms with van der Waals surface area (Å²) in [6.45, 7) is 7.13. The second-order valence-electron chi connectivity index (χ2n) is 7.74. The molecule has 0 aliphatic carbocycles. The van der Waals surface area contributed by atoms with E-state index in [1.165, 1.54) is 0 Å². The van der Waals surface area contributed by atoms with Gasteiger partial charge in [0.05, 0.1) is 0 Å². The molecular formula is C28H29NO4. The maximum absolute atomic E-state index is 12.7. The molecule has 0 aliphatic rings. The number of carbonyl (C=O) groups excluding carboxylic acids is 2. The topological polar surface area (TPSA) is 55.8 Å². The molecule has 1 atom stereocenters. The van der Waals surface area contributed by atoms with Crippen LogP contribution in [0.3, 0.4) is 0 Å². The van der Waals surface area contributed by atoms with Crippen molar-refractivity contribution in [1.29, 1.82) is 0 Å². The Morgan fingerprint density at radius 2 is 1.36 bits per heavy atom. The zero-order chi connectivity index (χ0) is 23.6. The van der Waals surface area contributed by atoms with E-state index in [-0.39, 0.29) is 5.57 Å². The van der Waals surface area contributed by atoms with Crippen molar-refractivity contribution >= 4 is 29.0 Å². The molecule has 170 valence electrons. The van der Waals surface area contributed by atoms with E-state index in [9.17, 15) is 9.59 Å². The van der Waals surface area contributed by atoms with Crippen LogP contribution in [0.1, 0.15) is 33.1 Å². The highest BCUT2D eigenvalue weighted by Crippen LogP contribution is 2.34. The predicted molar refractivity (Wildman–Crippen MR) is 131 cm³/mol. The van der Waals surface area contributed by atoms with E-state index in [0.717, 1.165) is 29.9 Å². The third-order valence-electron chi connectivity index (χ3n) is 5.02. The van der Waals surface area contributed by atoms with Gasteiger partial charge in [-0.1, -0.05) is 56.3 Å². The fourth-order valence-electron chi connectivity index (χ4n) is 3.29. The molecule has 0 saturated heterocycles. The van der Waals surface area contributed by atoms with E-state index in [1.807, 2.05) is 79.7 Å². The standard InChI is InChI=1S/C28H29NO4/c1-4-5-16-26(33-27(30)21(2)3)28(31)32-25-19-17-24(18-20-25)29(22-12-8-6-9-13-22)23-14-10-7-11-15-23/h6-15,17-20,26H,2,4-5,16H2,1,3H3. The lowest BCUT2D eigenvalue weighted by Crippen LogP contribution is -2.31. The van der Waals surface area contributed by atoms with Gasteiger partial charge in [0.1, 0.15) is 5.75 Å². The molecule has 0 aliphatic heterocycles. The van der Waals surface area contributed by atoms with Crippen LogP contribution < -0.4 is 9.64 Å². The first kappa shape index (κ1) is 23.8. The lowest BCUT2D eigenvalue weighted by atomic mass is 10.1. The van der Waals surface area contributed by atoms with Gasteiger partial charge in [0.15, 0.2) is 6.10 Å². The first-order valence-electron chi connectivity index (χ1n) is 11.1. The smallest absolute Gasteiger partial charge is 0.352 e. The van der Waals surface area contributed by atoms with Gasteiger partial charge in [-0.25, -0.2) is 9.59 Å². The maximum atomic E-state index is 12.7. The van der Waals surface area contributed by atoms with Gasteiger partial charge in [-0.05, 0) is 68.3 Å². The van der Waals surface area contributed by atoms with E-state index in [2.05, 4.69) is 11.5 Å². The SMILES string of the molecule is C=C(C)C(=O)OC(CCCC)C(=O)Oc1ccc(N(c2ccccc2)c2ccccc2)cc1. The Hall–Kier alpha value is -3.86. The van der Waals surface area contributed by atoms with Gasteiger partial charge in [-0.3, -0.25) is 0 Å². The second-order valence-corrected chi connectivity index (χ2v) is 7.74. The summed E-state index contributed by atoms with van der Waals surface area (Å²) < 4.78 is 10.8. The molecule has 5 heteroatoms. The Labute approximate surface area is 195 Å². The van der Waals surface area contributed by atoms with Gasteiger partial charge >= 0.3 is 11.9 Å². The number of benzene rings is 3. The van der Waals surface area contributed by atoms with Crippen molar-refractivity contribution in [2.45, 2.75) is 39.2 Å². The molecular weight excluding hydrogens is 414 g/mol. The average molecular weight is 444 g/mol. The number of nitrogens with zero attached hydrogens (tertiary/aromatic N) is 1. The summed E-state index contributed by atoms with van der Waals surface area (Å²) in [5.74, 6) is -0.795. The molecule has 1 unspecified atom stereocenters. The number of para-hydroxylation sites is 2. The van der Waals surface area contributed by atoms with Crippen LogP contribution in [0.15, 0.2) is 97.1 Å². The molecule has 0 heterocycles. The quantitative estimate of drug-likeness (QED) is 0.197. The van der Waals surface area contributed by atoms with Crippen LogP contribution in [0, 0.1) is 0 Å². The zero-order valence-corrected chi connectivity index (χ0v) is 19.1. The number of ether oxygens (including phenoxy) is 2. The average Bonchev–Trinajstić information content (AvgIpc) is 2.84. The van der Waals surface area contributed by atoms with E-state index in [4.69, 9.17) is 9.47 Å². The molecule has 3 aromatic carbocycles. The van der Waals surface area contributed by atoms with Crippen LogP contribution in [-0.4, -0.2) is 18.0 Å². The third kappa shape index (κ3) is 6.56. The highest BCUT2D eigenvalue weighted by atomic mass is 16.6. The normalized spacial score (nSPS) is 11.3.